The molecule has 0 aromatic carbocycles. The minimum Gasteiger partial charge on any atom is -0.480 e. The molecule has 2 N–H and O–H groups in total. The van der Waals surface area contributed by atoms with Crippen molar-refractivity contribution in [3.05, 3.63) is 0 Å². The van der Waals surface area contributed by atoms with E-state index in [1.54, 1.807) is 0 Å². The molecule has 0 aliphatic heterocycles. The van der Waals surface area contributed by atoms with Gasteiger partial charge in [0.2, 0.25) is 0 Å². The number of carboxylic acid groups (broad SMARTS) is 1. The summed E-state index contributed by atoms with van der Waals surface area (Å²) in [4.78, 5) is 11.8. The van der Waals surface area contributed by atoms with Gasteiger partial charge in [-0.05, 0) is 12.3 Å². The minimum atomic E-state index is -0.896. The number of aliphatic hydroxyl groups is 1. The van der Waals surface area contributed by atoms with Crippen LogP contribution in [0.1, 0.15) is 20.3 Å². The van der Waals surface area contributed by atoms with Gasteiger partial charge in [-0.1, -0.05) is 13.8 Å². The van der Waals surface area contributed by atoms with Crippen LogP contribution in [0.25, 0.3) is 0 Å². The lowest BCUT2D eigenvalue weighted by Crippen LogP contribution is -2.32. The van der Waals surface area contributed by atoms with Gasteiger partial charge in [-0.2, -0.15) is 0 Å². The number of aliphatic carboxylic acids is 1. The zero-order chi connectivity index (χ0) is 9.56. The summed E-state index contributed by atoms with van der Waals surface area (Å²) in [5.74, 6) is -0.361. The third-order valence-electron chi connectivity index (χ3n) is 1.58. The molecule has 12 heavy (non-hydrogen) atoms. The summed E-state index contributed by atoms with van der Waals surface area (Å²) in [5.41, 5.74) is 0. The molecule has 0 saturated carbocycles. The van der Waals surface area contributed by atoms with Crippen LogP contribution in [0.2, 0.25) is 0 Å². The van der Waals surface area contributed by atoms with Crippen molar-refractivity contribution in [1.29, 1.82) is 0 Å². The molecule has 72 valence electrons. The Balaban J connectivity index is 3.60. The molecule has 4 heteroatoms. The molecule has 0 atom stereocenters. The fourth-order valence-corrected chi connectivity index (χ4v) is 0.832. The smallest absolute Gasteiger partial charge is 0.317 e. The van der Waals surface area contributed by atoms with Crippen LogP contribution in [0.15, 0.2) is 0 Å². The molecule has 0 heterocycles. The van der Waals surface area contributed by atoms with Crippen LogP contribution < -0.4 is 0 Å². The van der Waals surface area contributed by atoms with Crippen LogP contribution in [-0.4, -0.2) is 40.9 Å². The Bertz CT molecular complexity index is 136. The number of nitrogens with zero attached hydrogens (tertiary/aromatic N) is 1. The fourth-order valence-electron chi connectivity index (χ4n) is 0.832. The van der Waals surface area contributed by atoms with E-state index in [1.807, 2.05) is 0 Å². The summed E-state index contributed by atoms with van der Waals surface area (Å²) in [6.07, 6.45) is 0.911. The highest BCUT2D eigenvalue weighted by Gasteiger charge is 2.08. The second-order valence-corrected chi connectivity index (χ2v) is 3.27. The predicted octanol–water partition coefficient (Wildman–Crippen LogP) is 0.369. The zero-order valence-corrected chi connectivity index (χ0v) is 7.66. The van der Waals surface area contributed by atoms with Crippen molar-refractivity contribution in [2.75, 3.05) is 19.8 Å². The number of carboxylic acids is 1. The van der Waals surface area contributed by atoms with Crippen molar-refractivity contribution in [3.63, 3.8) is 0 Å². The Hall–Kier alpha value is -0.610. The van der Waals surface area contributed by atoms with Gasteiger partial charge >= 0.3 is 5.97 Å². The monoisotopic (exact) mass is 175 g/mol. The quantitative estimate of drug-likeness (QED) is 0.572. The van der Waals surface area contributed by atoms with E-state index in [1.165, 1.54) is 4.90 Å². The van der Waals surface area contributed by atoms with Crippen LogP contribution in [0.5, 0.6) is 0 Å². The molecule has 0 spiro atoms. The van der Waals surface area contributed by atoms with Crippen LogP contribution in [-0.2, 0) is 4.79 Å². The molecule has 0 bridgehead atoms. The van der Waals surface area contributed by atoms with E-state index in [4.69, 9.17) is 10.2 Å². The van der Waals surface area contributed by atoms with E-state index in [9.17, 15) is 4.79 Å². The molecule has 0 aliphatic carbocycles. The maximum atomic E-state index is 10.3. The van der Waals surface area contributed by atoms with Gasteiger partial charge in [0.1, 0.15) is 0 Å². The maximum Gasteiger partial charge on any atom is 0.317 e. The lowest BCUT2D eigenvalue weighted by molar-refractivity contribution is -0.139. The van der Waals surface area contributed by atoms with E-state index in [2.05, 4.69) is 13.8 Å². The third-order valence-corrected chi connectivity index (χ3v) is 1.58. The van der Waals surface area contributed by atoms with Crippen molar-refractivity contribution in [2.24, 2.45) is 5.92 Å². The average molecular weight is 175 g/mol. The first kappa shape index (κ1) is 11.4. The first-order valence-corrected chi connectivity index (χ1v) is 4.11. The minimum absolute atomic E-state index is 0.0801. The van der Waals surface area contributed by atoms with Crippen molar-refractivity contribution in [1.82, 2.24) is 4.90 Å². The maximum absolute atomic E-state index is 10.3. The van der Waals surface area contributed by atoms with E-state index in [0.29, 0.717) is 12.5 Å². The van der Waals surface area contributed by atoms with Gasteiger partial charge in [-0.25, -0.2) is 0 Å². The van der Waals surface area contributed by atoms with E-state index in [-0.39, 0.29) is 13.3 Å². The molecule has 4 nitrogen and oxygen atoms in total. The fraction of sp³-hybridized carbons (Fsp3) is 0.875. The molecule has 0 aliphatic rings. The zero-order valence-electron chi connectivity index (χ0n) is 7.66. The van der Waals surface area contributed by atoms with Gasteiger partial charge in [-0.3, -0.25) is 9.69 Å². The molecule has 0 saturated heterocycles. The summed E-state index contributed by atoms with van der Waals surface area (Å²) < 4.78 is 0. The van der Waals surface area contributed by atoms with E-state index >= 15 is 0 Å². The number of hydrogen-bond donors (Lipinski definition) is 2. The molecule has 0 fully saturated rings. The van der Waals surface area contributed by atoms with E-state index < -0.39 is 5.97 Å². The van der Waals surface area contributed by atoms with Gasteiger partial charge in [0.25, 0.3) is 0 Å². The highest BCUT2D eigenvalue weighted by atomic mass is 16.4. The summed E-state index contributed by atoms with van der Waals surface area (Å²) in [7, 11) is 0. The van der Waals surface area contributed by atoms with Crippen LogP contribution in [0, 0.1) is 5.92 Å². The molecular weight excluding hydrogens is 158 g/mol. The van der Waals surface area contributed by atoms with Crippen molar-refractivity contribution < 1.29 is 15.0 Å². The average Bonchev–Trinajstić information content (AvgIpc) is 1.97. The third kappa shape index (κ3) is 6.12. The van der Waals surface area contributed by atoms with Gasteiger partial charge in [0, 0.05) is 6.54 Å². The van der Waals surface area contributed by atoms with Crippen molar-refractivity contribution in [3.8, 4) is 0 Å². The summed E-state index contributed by atoms with van der Waals surface area (Å²) >= 11 is 0. The Morgan fingerprint density at radius 1 is 1.50 bits per heavy atom. The second-order valence-electron chi connectivity index (χ2n) is 3.27. The Morgan fingerprint density at radius 3 is 2.42 bits per heavy atom. The predicted molar refractivity (Wildman–Crippen MR) is 45.7 cm³/mol. The Kier molecular flexibility index (Phi) is 5.66. The lowest BCUT2D eigenvalue weighted by atomic mass is 10.1. The summed E-state index contributed by atoms with van der Waals surface area (Å²) in [5, 5.41) is 17.2. The number of hydrogen-bond acceptors (Lipinski definition) is 3. The van der Waals surface area contributed by atoms with Crippen LogP contribution in [0.4, 0.5) is 0 Å². The molecule has 0 aromatic heterocycles. The number of carbonyl (C=O) groups is 1. The van der Waals surface area contributed by atoms with E-state index in [0.717, 1.165) is 6.42 Å². The first-order chi connectivity index (χ1) is 5.56. The molecule has 0 unspecified atom stereocenters. The lowest BCUT2D eigenvalue weighted by Gasteiger charge is -2.17. The highest BCUT2D eigenvalue weighted by molar-refractivity contribution is 5.69. The van der Waals surface area contributed by atoms with Gasteiger partial charge in [0.15, 0.2) is 0 Å². The first-order valence-electron chi connectivity index (χ1n) is 4.11. The van der Waals surface area contributed by atoms with Crippen molar-refractivity contribution in [2.45, 2.75) is 20.3 Å². The van der Waals surface area contributed by atoms with Crippen molar-refractivity contribution >= 4 is 5.97 Å². The van der Waals surface area contributed by atoms with Crippen LogP contribution in [0.3, 0.4) is 0 Å². The number of rotatable bonds is 6. The molecule has 0 rings (SSSR count). The molecule has 0 aromatic rings. The molecular formula is C8H17NO3. The van der Waals surface area contributed by atoms with Gasteiger partial charge in [-0.15, -0.1) is 0 Å². The molecule has 0 amide bonds. The largest absolute Gasteiger partial charge is 0.480 e. The normalized spacial score (nSPS) is 11.1. The topological polar surface area (TPSA) is 60.8 Å². The summed E-state index contributed by atoms with van der Waals surface area (Å²) in [6.45, 7) is 4.51. The summed E-state index contributed by atoms with van der Waals surface area (Å²) in [6, 6.07) is 0. The Morgan fingerprint density at radius 2 is 2.08 bits per heavy atom. The highest BCUT2D eigenvalue weighted by Crippen LogP contribution is 2.00. The Labute approximate surface area is 72.8 Å². The second kappa shape index (κ2) is 5.97. The molecule has 0 radical (unpaired) electrons. The van der Waals surface area contributed by atoms with Crippen LogP contribution >= 0.6 is 0 Å². The SMILES string of the molecule is CC(C)CCN(CO)CC(=O)O. The number of aliphatic hydroxyl groups excluding tert-OH is 1. The van der Waals surface area contributed by atoms with Gasteiger partial charge in [0.05, 0.1) is 13.3 Å². The van der Waals surface area contributed by atoms with Gasteiger partial charge < -0.3 is 10.2 Å². The standard InChI is InChI=1S/C8H17NO3/c1-7(2)3-4-9(6-10)5-8(11)12/h7,10H,3-6H2,1-2H3,(H,11,12).